The SMILES string of the molecule is CCN(C)c1cccnc1N1CCN(c2cc3cc(NS(C)(=O)=O)ccc3[nH]2)C(C=O)C1. The molecule has 1 aromatic carbocycles. The molecule has 2 N–H and O–H groups in total. The molecule has 0 amide bonds. The maximum atomic E-state index is 12.0. The fraction of sp³-hybridized carbons (Fsp3) is 0.364. The molecule has 9 nitrogen and oxygen atoms in total. The summed E-state index contributed by atoms with van der Waals surface area (Å²) in [6, 6.07) is 10.9. The van der Waals surface area contributed by atoms with Gasteiger partial charge >= 0.3 is 0 Å². The number of piperazine rings is 1. The highest BCUT2D eigenvalue weighted by Gasteiger charge is 2.30. The fourth-order valence-electron chi connectivity index (χ4n) is 4.07. The Morgan fingerprint density at radius 1 is 1.28 bits per heavy atom. The third-order valence-corrected chi connectivity index (χ3v) is 6.35. The molecule has 0 spiro atoms. The van der Waals surface area contributed by atoms with Crippen LogP contribution in [0.15, 0.2) is 42.6 Å². The number of H-pyrrole nitrogens is 1. The zero-order valence-electron chi connectivity index (χ0n) is 18.4. The predicted octanol–water partition coefficient (Wildman–Crippen LogP) is 2.28. The van der Waals surface area contributed by atoms with E-state index in [-0.39, 0.29) is 6.04 Å². The molecule has 32 heavy (non-hydrogen) atoms. The van der Waals surface area contributed by atoms with Crippen molar-refractivity contribution in [2.45, 2.75) is 13.0 Å². The number of carbonyl (C=O) groups excluding carboxylic acids is 1. The van der Waals surface area contributed by atoms with Gasteiger partial charge in [0.1, 0.15) is 18.1 Å². The Kier molecular flexibility index (Phi) is 5.96. The van der Waals surface area contributed by atoms with Gasteiger partial charge in [-0.25, -0.2) is 13.4 Å². The number of hydrogen-bond acceptors (Lipinski definition) is 7. The minimum atomic E-state index is -3.35. The second-order valence-corrected chi connectivity index (χ2v) is 9.78. The van der Waals surface area contributed by atoms with E-state index in [0.29, 0.717) is 18.8 Å². The summed E-state index contributed by atoms with van der Waals surface area (Å²) in [5.41, 5.74) is 2.43. The number of rotatable bonds is 7. The van der Waals surface area contributed by atoms with E-state index in [2.05, 4.69) is 36.3 Å². The third-order valence-electron chi connectivity index (χ3n) is 5.75. The molecule has 3 heterocycles. The first-order chi connectivity index (χ1) is 15.3. The van der Waals surface area contributed by atoms with Crippen LogP contribution in [0.1, 0.15) is 6.92 Å². The van der Waals surface area contributed by atoms with Gasteiger partial charge in [0, 0.05) is 56.0 Å². The number of nitrogens with zero attached hydrogens (tertiary/aromatic N) is 4. The second kappa shape index (κ2) is 8.70. The molecule has 1 aliphatic rings. The van der Waals surface area contributed by atoms with E-state index in [0.717, 1.165) is 53.9 Å². The molecule has 10 heteroatoms. The molecule has 3 aromatic rings. The molecular formula is C22H28N6O3S. The van der Waals surface area contributed by atoms with E-state index in [4.69, 9.17) is 0 Å². The van der Waals surface area contributed by atoms with Gasteiger partial charge in [-0.05, 0) is 43.3 Å². The predicted molar refractivity (Wildman–Crippen MR) is 129 cm³/mol. The summed E-state index contributed by atoms with van der Waals surface area (Å²) in [5.74, 6) is 1.72. The van der Waals surface area contributed by atoms with Crippen molar-refractivity contribution in [2.24, 2.45) is 0 Å². The van der Waals surface area contributed by atoms with Crippen molar-refractivity contribution in [2.75, 3.05) is 58.9 Å². The maximum Gasteiger partial charge on any atom is 0.229 e. The summed E-state index contributed by atoms with van der Waals surface area (Å²) in [6.45, 7) is 4.86. The van der Waals surface area contributed by atoms with Crippen molar-refractivity contribution < 1.29 is 13.2 Å². The fourth-order valence-corrected chi connectivity index (χ4v) is 4.62. The number of nitrogens with one attached hydrogen (secondary N) is 2. The van der Waals surface area contributed by atoms with E-state index in [1.54, 1.807) is 18.3 Å². The van der Waals surface area contributed by atoms with E-state index in [1.807, 2.05) is 31.3 Å². The first-order valence-corrected chi connectivity index (χ1v) is 12.4. The molecule has 170 valence electrons. The van der Waals surface area contributed by atoms with E-state index in [1.165, 1.54) is 0 Å². The number of fused-ring (bicyclic) bond motifs is 1. The molecule has 4 rings (SSSR count). The van der Waals surface area contributed by atoms with Crippen molar-refractivity contribution in [1.29, 1.82) is 0 Å². The molecule has 1 fully saturated rings. The highest BCUT2D eigenvalue weighted by molar-refractivity contribution is 7.92. The zero-order valence-corrected chi connectivity index (χ0v) is 19.3. The Hall–Kier alpha value is -3.27. The second-order valence-electron chi connectivity index (χ2n) is 8.03. The van der Waals surface area contributed by atoms with Crippen LogP contribution >= 0.6 is 0 Å². The number of sulfonamides is 1. The smallest absolute Gasteiger partial charge is 0.229 e. The van der Waals surface area contributed by atoms with Crippen LogP contribution in [0.25, 0.3) is 10.9 Å². The van der Waals surface area contributed by atoms with Crippen LogP contribution in [0.3, 0.4) is 0 Å². The van der Waals surface area contributed by atoms with Crippen molar-refractivity contribution >= 4 is 50.2 Å². The highest BCUT2D eigenvalue weighted by atomic mass is 32.2. The van der Waals surface area contributed by atoms with Gasteiger partial charge in [0.25, 0.3) is 0 Å². The first kappa shape index (κ1) is 21.9. The van der Waals surface area contributed by atoms with Crippen molar-refractivity contribution in [3.8, 4) is 0 Å². The molecule has 1 aliphatic heterocycles. The number of anilines is 4. The summed E-state index contributed by atoms with van der Waals surface area (Å²) in [5, 5.41) is 0.873. The minimum absolute atomic E-state index is 0.341. The zero-order chi connectivity index (χ0) is 22.9. The van der Waals surface area contributed by atoms with Gasteiger partial charge in [-0.2, -0.15) is 0 Å². The lowest BCUT2D eigenvalue weighted by Gasteiger charge is -2.41. The van der Waals surface area contributed by atoms with Crippen molar-refractivity contribution in [1.82, 2.24) is 9.97 Å². The average Bonchev–Trinajstić information content (AvgIpc) is 3.20. The topological polar surface area (TPSA) is 102 Å². The average molecular weight is 457 g/mol. The molecule has 0 radical (unpaired) electrons. The lowest BCUT2D eigenvalue weighted by Crippen LogP contribution is -2.54. The number of carbonyl (C=O) groups is 1. The summed E-state index contributed by atoms with van der Waals surface area (Å²) < 4.78 is 25.5. The van der Waals surface area contributed by atoms with Crippen molar-refractivity contribution in [3.63, 3.8) is 0 Å². The molecule has 1 atom stereocenters. The largest absolute Gasteiger partial charge is 0.372 e. The van der Waals surface area contributed by atoms with Crippen LogP contribution in [0.4, 0.5) is 23.0 Å². The minimum Gasteiger partial charge on any atom is -0.372 e. The maximum absolute atomic E-state index is 12.0. The van der Waals surface area contributed by atoms with E-state index in [9.17, 15) is 13.2 Å². The molecule has 0 aliphatic carbocycles. The highest BCUT2D eigenvalue weighted by Crippen LogP contribution is 2.31. The van der Waals surface area contributed by atoms with Crippen LogP contribution in [0, 0.1) is 0 Å². The van der Waals surface area contributed by atoms with Gasteiger partial charge in [0.2, 0.25) is 10.0 Å². The Morgan fingerprint density at radius 3 is 2.81 bits per heavy atom. The molecule has 1 saturated heterocycles. The van der Waals surface area contributed by atoms with Crippen LogP contribution in [0.2, 0.25) is 0 Å². The Labute approximate surface area is 188 Å². The van der Waals surface area contributed by atoms with Gasteiger partial charge in [-0.1, -0.05) is 0 Å². The van der Waals surface area contributed by atoms with Gasteiger partial charge in [0.15, 0.2) is 5.82 Å². The summed E-state index contributed by atoms with van der Waals surface area (Å²) >= 11 is 0. The normalized spacial score (nSPS) is 16.9. The number of benzene rings is 1. The number of aromatic amines is 1. The summed E-state index contributed by atoms with van der Waals surface area (Å²) in [6.07, 6.45) is 3.88. The lowest BCUT2D eigenvalue weighted by atomic mass is 10.1. The molecule has 2 aromatic heterocycles. The first-order valence-electron chi connectivity index (χ1n) is 10.5. The Bertz CT molecular complexity index is 1230. The molecular weight excluding hydrogens is 428 g/mol. The van der Waals surface area contributed by atoms with E-state index >= 15 is 0 Å². The molecule has 0 saturated carbocycles. The van der Waals surface area contributed by atoms with Crippen LogP contribution < -0.4 is 19.4 Å². The van der Waals surface area contributed by atoms with E-state index < -0.39 is 10.0 Å². The van der Waals surface area contributed by atoms with Gasteiger partial charge < -0.3 is 24.5 Å². The third kappa shape index (κ3) is 4.50. The van der Waals surface area contributed by atoms with Crippen LogP contribution in [-0.4, -0.2) is 70.2 Å². The molecule has 1 unspecified atom stereocenters. The molecule has 0 bridgehead atoms. The number of hydrogen-bond donors (Lipinski definition) is 2. The van der Waals surface area contributed by atoms with Crippen molar-refractivity contribution in [3.05, 3.63) is 42.6 Å². The monoisotopic (exact) mass is 456 g/mol. The lowest BCUT2D eigenvalue weighted by molar-refractivity contribution is -0.109. The van der Waals surface area contributed by atoms with Crippen LogP contribution in [-0.2, 0) is 14.8 Å². The Morgan fingerprint density at radius 2 is 2.09 bits per heavy atom. The summed E-state index contributed by atoms with van der Waals surface area (Å²) in [7, 11) is -1.32. The quantitative estimate of drug-likeness (QED) is 0.526. The van der Waals surface area contributed by atoms with Gasteiger partial charge in [-0.3, -0.25) is 4.72 Å². The summed E-state index contributed by atoms with van der Waals surface area (Å²) in [4.78, 5) is 26.3. The number of aldehydes is 1. The number of aromatic nitrogens is 2. The number of pyridine rings is 1. The van der Waals surface area contributed by atoms with Gasteiger partial charge in [-0.15, -0.1) is 0 Å². The standard InChI is InChI=1S/C22H28N6O3S/c1-4-26(2)20-6-5-9-23-22(20)27-10-11-28(18(14-27)15-29)21-13-16-12-17(25-32(3,30)31)7-8-19(16)24-21/h5-9,12-13,15,18,24-25H,4,10-11,14H2,1-3H3. The van der Waals surface area contributed by atoms with Crippen LogP contribution in [0.5, 0.6) is 0 Å². The Balaban J connectivity index is 1.58. The van der Waals surface area contributed by atoms with Gasteiger partial charge in [0.05, 0.1) is 11.9 Å².